The zero-order chi connectivity index (χ0) is 19.6. The summed E-state index contributed by atoms with van der Waals surface area (Å²) in [4.78, 5) is 14.7. The standard InChI is InChI=1S/C23H35N2O2S/c1-2-3-4-5-6-7-8-12-16-27-22(26)19-25-21(20-13-10-9-11-14-20)18-24-15-17-28-23(24)25/h9-11,13-14,21H,2-8,12,15-19H2,1H3/q+1. The lowest BCUT2D eigenvalue weighted by atomic mass is 10.1. The molecule has 4 nitrogen and oxygen atoms in total. The van der Waals surface area contributed by atoms with Crippen LogP contribution in [0, 0.1) is 0 Å². The average Bonchev–Trinajstić information content (AvgIpc) is 3.30. The van der Waals surface area contributed by atoms with Crippen LogP contribution in [0.3, 0.4) is 0 Å². The second-order valence-corrected chi connectivity index (χ2v) is 8.89. The minimum Gasteiger partial charge on any atom is -0.463 e. The first-order valence-electron chi connectivity index (χ1n) is 11.0. The molecular formula is C23H35N2O2S+. The Morgan fingerprint density at radius 1 is 1.11 bits per heavy atom. The summed E-state index contributed by atoms with van der Waals surface area (Å²) in [5.74, 6) is 1.02. The molecule has 3 rings (SSSR count). The number of nitrogens with zero attached hydrogens (tertiary/aromatic N) is 2. The van der Waals surface area contributed by atoms with Crippen LogP contribution in [0.5, 0.6) is 0 Å². The van der Waals surface area contributed by atoms with E-state index in [0.717, 1.165) is 31.7 Å². The average molecular weight is 404 g/mol. The maximum atomic E-state index is 12.5. The lowest BCUT2D eigenvalue weighted by Crippen LogP contribution is -2.35. The van der Waals surface area contributed by atoms with E-state index in [2.05, 4.69) is 40.7 Å². The Morgan fingerprint density at radius 2 is 1.82 bits per heavy atom. The Balaban J connectivity index is 1.39. The number of unbranched alkanes of at least 4 members (excludes halogenated alkanes) is 7. The van der Waals surface area contributed by atoms with Crippen molar-refractivity contribution in [2.75, 3.05) is 32.0 Å². The molecule has 1 aromatic carbocycles. The Labute approximate surface area is 174 Å². The Hall–Kier alpha value is -1.49. The van der Waals surface area contributed by atoms with Gasteiger partial charge in [0.25, 0.3) is 0 Å². The molecule has 0 saturated carbocycles. The number of hydrogen-bond acceptors (Lipinski definition) is 4. The molecule has 0 bridgehead atoms. The first-order valence-corrected chi connectivity index (χ1v) is 12.0. The molecule has 0 fully saturated rings. The van der Waals surface area contributed by atoms with E-state index in [4.69, 9.17) is 4.74 Å². The Kier molecular flexibility index (Phi) is 8.71. The summed E-state index contributed by atoms with van der Waals surface area (Å²) in [5, 5.41) is 1.25. The molecule has 2 heterocycles. The summed E-state index contributed by atoms with van der Waals surface area (Å²) < 4.78 is 7.97. The third kappa shape index (κ3) is 6.00. The van der Waals surface area contributed by atoms with Crippen molar-refractivity contribution in [2.24, 2.45) is 0 Å². The zero-order valence-electron chi connectivity index (χ0n) is 17.3. The van der Waals surface area contributed by atoms with Crippen molar-refractivity contribution in [1.29, 1.82) is 0 Å². The van der Waals surface area contributed by atoms with E-state index in [1.54, 1.807) is 0 Å². The fraction of sp³-hybridized carbons (Fsp3) is 0.652. The normalized spacial score (nSPS) is 18.6. The van der Waals surface area contributed by atoms with Crippen LogP contribution in [-0.4, -0.2) is 52.6 Å². The molecule has 154 valence electrons. The molecule has 0 radical (unpaired) electrons. The molecule has 2 aliphatic heterocycles. The lowest BCUT2D eigenvalue weighted by Gasteiger charge is -2.19. The fourth-order valence-electron chi connectivity index (χ4n) is 4.05. The number of benzene rings is 1. The van der Waals surface area contributed by atoms with E-state index in [1.807, 2.05) is 17.8 Å². The van der Waals surface area contributed by atoms with Crippen LogP contribution in [-0.2, 0) is 9.53 Å². The van der Waals surface area contributed by atoms with Crippen LogP contribution in [0.25, 0.3) is 0 Å². The number of rotatable bonds is 12. The molecule has 0 spiro atoms. The molecule has 1 aromatic rings. The van der Waals surface area contributed by atoms with Crippen LogP contribution in [0.1, 0.15) is 69.9 Å². The van der Waals surface area contributed by atoms with Crippen LogP contribution in [0.2, 0.25) is 0 Å². The largest absolute Gasteiger partial charge is 0.463 e. The van der Waals surface area contributed by atoms with Gasteiger partial charge in [0, 0.05) is 11.3 Å². The topological polar surface area (TPSA) is 32.5 Å². The summed E-state index contributed by atoms with van der Waals surface area (Å²) in [7, 11) is 0. The maximum absolute atomic E-state index is 12.5. The first kappa shape index (κ1) is 21.2. The highest BCUT2D eigenvalue weighted by atomic mass is 32.2. The fourth-order valence-corrected chi connectivity index (χ4v) is 5.25. The molecule has 0 aromatic heterocycles. The molecule has 1 unspecified atom stereocenters. The summed E-state index contributed by atoms with van der Waals surface area (Å²) in [6.07, 6.45) is 10.1. The maximum Gasteiger partial charge on any atom is 0.348 e. The van der Waals surface area contributed by atoms with Crippen molar-refractivity contribution in [2.45, 2.75) is 64.3 Å². The summed E-state index contributed by atoms with van der Waals surface area (Å²) >= 11 is 1.87. The third-order valence-corrected chi connectivity index (χ3v) is 6.76. The van der Waals surface area contributed by atoms with Crippen molar-refractivity contribution in [3.05, 3.63) is 35.9 Å². The summed E-state index contributed by atoms with van der Waals surface area (Å²) in [6.45, 7) is 5.21. The van der Waals surface area contributed by atoms with Gasteiger partial charge in [0.05, 0.1) is 13.2 Å². The van der Waals surface area contributed by atoms with Gasteiger partial charge < -0.3 is 4.74 Å². The first-order chi connectivity index (χ1) is 13.8. The Morgan fingerprint density at radius 3 is 2.57 bits per heavy atom. The van der Waals surface area contributed by atoms with Gasteiger partial charge in [-0.15, -0.1) is 0 Å². The molecular weight excluding hydrogens is 368 g/mol. The van der Waals surface area contributed by atoms with E-state index in [1.165, 1.54) is 49.3 Å². The van der Waals surface area contributed by atoms with Crippen LogP contribution >= 0.6 is 11.8 Å². The second kappa shape index (κ2) is 11.5. The minimum atomic E-state index is -0.0919. The van der Waals surface area contributed by atoms with Gasteiger partial charge in [-0.25, -0.2) is 9.69 Å². The highest BCUT2D eigenvalue weighted by Crippen LogP contribution is 2.32. The van der Waals surface area contributed by atoms with Crippen LogP contribution in [0.15, 0.2) is 30.3 Å². The predicted molar refractivity (Wildman–Crippen MR) is 117 cm³/mol. The molecule has 1 atom stereocenters. The quantitative estimate of drug-likeness (QED) is 0.284. The van der Waals surface area contributed by atoms with Crippen molar-refractivity contribution < 1.29 is 14.1 Å². The summed E-state index contributed by atoms with van der Waals surface area (Å²) in [5.41, 5.74) is 1.28. The number of carbonyl (C=O) groups excluding carboxylic acids is 1. The molecule has 5 heteroatoms. The predicted octanol–water partition coefficient (Wildman–Crippen LogP) is 4.84. The van der Waals surface area contributed by atoms with Gasteiger partial charge in [0.1, 0.15) is 6.54 Å². The molecule has 0 amide bonds. The number of esters is 1. The SMILES string of the molecule is CCCCCCCCCCOC(=O)CN1C2=[N+](CCS2)CC1c1ccccc1. The zero-order valence-corrected chi connectivity index (χ0v) is 18.1. The molecule has 0 aliphatic carbocycles. The van der Waals surface area contributed by atoms with E-state index < -0.39 is 0 Å². The number of amidine groups is 1. The highest BCUT2D eigenvalue weighted by Gasteiger charge is 2.44. The van der Waals surface area contributed by atoms with Gasteiger partial charge >= 0.3 is 11.1 Å². The number of carbonyl (C=O) groups is 1. The van der Waals surface area contributed by atoms with Gasteiger partial charge in [-0.3, -0.25) is 4.58 Å². The van der Waals surface area contributed by atoms with Crippen molar-refractivity contribution in [3.63, 3.8) is 0 Å². The Bertz CT molecular complexity index is 647. The number of hydrogen-bond donors (Lipinski definition) is 0. The van der Waals surface area contributed by atoms with Gasteiger partial charge in [0.2, 0.25) is 0 Å². The number of thioether (sulfide) groups is 1. The second-order valence-electron chi connectivity index (χ2n) is 7.83. The van der Waals surface area contributed by atoms with E-state index in [9.17, 15) is 4.79 Å². The van der Waals surface area contributed by atoms with Crippen LogP contribution < -0.4 is 0 Å². The van der Waals surface area contributed by atoms with Crippen molar-refractivity contribution in [3.8, 4) is 0 Å². The van der Waals surface area contributed by atoms with Crippen LogP contribution in [0.4, 0.5) is 0 Å². The van der Waals surface area contributed by atoms with Gasteiger partial charge in [-0.1, -0.05) is 82.2 Å². The van der Waals surface area contributed by atoms with Gasteiger partial charge in [-0.05, 0) is 18.2 Å². The smallest absolute Gasteiger partial charge is 0.348 e. The van der Waals surface area contributed by atoms with E-state index >= 15 is 0 Å². The van der Waals surface area contributed by atoms with E-state index in [0.29, 0.717) is 13.2 Å². The monoisotopic (exact) mass is 403 g/mol. The highest BCUT2D eigenvalue weighted by molar-refractivity contribution is 8.13. The number of ether oxygens (including phenoxy) is 1. The summed E-state index contributed by atoms with van der Waals surface area (Å²) in [6, 6.07) is 10.8. The van der Waals surface area contributed by atoms with Gasteiger partial charge in [-0.2, -0.15) is 0 Å². The third-order valence-electron chi connectivity index (χ3n) is 5.62. The van der Waals surface area contributed by atoms with Crippen molar-refractivity contribution in [1.82, 2.24) is 4.90 Å². The van der Waals surface area contributed by atoms with Gasteiger partial charge in [0.15, 0.2) is 12.6 Å². The lowest BCUT2D eigenvalue weighted by molar-refractivity contribution is -0.511. The molecule has 2 aliphatic rings. The van der Waals surface area contributed by atoms with E-state index in [-0.39, 0.29) is 12.0 Å². The minimum absolute atomic E-state index is 0.0919. The van der Waals surface area contributed by atoms with Crippen molar-refractivity contribution >= 4 is 22.9 Å². The molecule has 28 heavy (non-hydrogen) atoms. The molecule has 0 N–H and O–H groups in total. The molecule has 0 saturated heterocycles.